The van der Waals surface area contributed by atoms with Crippen LogP contribution >= 0.6 is 0 Å². The molecule has 0 radical (unpaired) electrons. The Bertz CT molecular complexity index is 108. The van der Waals surface area contributed by atoms with Crippen molar-refractivity contribution in [1.82, 2.24) is 0 Å². The number of aliphatic hydroxyl groups is 1. The molecule has 1 heteroatoms. The first kappa shape index (κ1) is 8.06. The summed E-state index contributed by atoms with van der Waals surface area (Å²) in [4.78, 5) is 0. The lowest BCUT2D eigenvalue weighted by Crippen LogP contribution is -2.25. The molecule has 0 amide bonds. The van der Waals surface area contributed by atoms with Gasteiger partial charge < -0.3 is 5.11 Å². The van der Waals surface area contributed by atoms with Crippen LogP contribution in [0.25, 0.3) is 0 Å². The Labute approximate surface area is 63.4 Å². The summed E-state index contributed by atoms with van der Waals surface area (Å²) in [6.45, 7) is 7.01. The molecule has 1 fully saturated rings. The lowest BCUT2D eigenvalue weighted by Gasteiger charge is -2.28. The van der Waals surface area contributed by atoms with Crippen molar-refractivity contribution in [1.29, 1.82) is 0 Å². The minimum Gasteiger partial charge on any atom is -0.396 e. The van der Waals surface area contributed by atoms with Gasteiger partial charge in [-0.2, -0.15) is 0 Å². The highest BCUT2D eigenvalue weighted by Gasteiger charge is 2.37. The van der Waals surface area contributed by atoms with Crippen LogP contribution in [0.3, 0.4) is 0 Å². The first-order valence-electron chi connectivity index (χ1n) is 4.16. The summed E-state index contributed by atoms with van der Waals surface area (Å²) >= 11 is 0. The summed E-state index contributed by atoms with van der Waals surface area (Å²) in [6, 6.07) is 0. The Morgan fingerprint density at radius 1 is 1.40 bits per heavy atom. The third kappa shape index (κ3) is 1.72. The Morgan fingerprint density at radius 3 is 2.00 bits per heavy atom. The third-order valence-corrected chi connectivity index (χ3v) is 2.50. The first-order valence-corrected chi connectivity index (χ1v) is 4.16. The van der Waals surface area contributed by atoms with E-state index in [1.54, 1.807) is 0 Å². The van der Waals surface area contributed by atoms with Crippen LogP contribution in [0.5, 0.6) is 0 Å². The highest BCUT2D eigenvalue weighted by molar-refractivity contribution is 4.87. The SMILES string of the molecule is CC(C)(C)C(CO)C1CC1. The molecule has 0 aromatic rings. The van der Waals surface area contributed by atoms with Crippen LogP contribution in [-0.2, 0) is 0 Å². The summed E-state index contributed by atoms with van der Waals surface area (Å²) in [7, 11) is 0. The van der Waals surface area contributed by atoms with E-state index in [-0.39, 0.29) is 0 Å². The van der Waals surface area contributed by atoms with Gasteiger partial charge in [0.1, 0.15) is 0 Å². The lowest BCUT2D eigenvalue weighted by molar-refractivity contribution is 0.113. The standard InChI is InChI=1S/C9H18O/c1-9(2,3)8(6-10)7-4-5-7/h7-8,10H,4-6H2,1-3H3. The summed E-state index contributed by atoms with van der Waals surface area (Å²) in [5.74, 6) is 1.36. The van der Waals surface area contributed by atoms with E-state index >= 15 is 0 Å². The number of aliphatic hydroxyl groups excluding tert-OH is 1. The van der Waals surface area contributed by atoms with Gasteiger partial charge >= 0.3 is 0 Å². The molecule has 1 N–H and O–H groups in total. The van der Waals surface area contributed by atoms with Gasteiger partial charge in [0.2, 0.25) is 0 Å². The fourth-order valence-electron chi connectivity index (χ4n) is 1.63. The van der Waals surface area contributed by atoms with Crippen LogP contribution in [0.4, 0.5) is 0 Å². The Kier molecular flexibility index (Phi) is 2.04. The molecule has 1 aliphatic rings. The monoisotopic (exact) mass is 142 g/mol. The molecule has 60 valence electrons. The van der Waals surface area contributed by atoms with Gasteiger partial charge in [0.05, 0.1) is 0 Å². The molecule has 0 saturated heterocycles. The van der Waals surface area contributed by atoms with Crippen LogP contribution in [0.1, 0.15) is 33.6 Å². The number of hydrogen-bond donors (Lipinski definition) is 1. The van der Waals surface area contributed by atoms with Crippen molar-refractivity contribution in [2.75, 3.05) is 6.61 Å². The molecule has 1 aliphatic carbocycles. The molecule has 1 rings (SSSR count). The maximum Gasteiger partial charge on any atom is 0.0466 e. The van der Waals surface area contributed by atoms with Gasteiger partial charge in [-0.25, -0.2) is 0 Å². The number of hydrogen-bond acceptors (Lipinski definition) is 1. The lowest BCUT2D eigenvalue weighted by atomic mass is 9.78. The van der Waals surface area contributed by atoms with E-state index in [9.17, 15) is 0 Å². The average Bonchev–Trinajstić information content (AvgIpc) is 2.46. The quantitative estimate of drug-likeness (QED) is 0.625. The van der Waals surface area contributed by atoms with E-state index < -0.39 is 0 Å². The predicted octanol–water partition coefficient (Wildman–Crippen LogP) is 2.05. The van der Waals surface area contributed by atoms with Crippen molar-refractivity contribution in [3.63, 3.8) is 0 Å². The molecular formula is C9H18O. The second-order valence-corrected chi connectivity index (χ2v) is 4.49. The van der Waals surface area contributed by atoms with E-state index in [1.807, 2.05) is 0 Å². The van der Waals surface area contributed by atoms with Crippen molar-refractivity contribution in [3.8, 4) is 0 Å². The summed E-state index contributed by atoms with van der Waals surface area (Å²) in [5, 5.41) is 9.07. The molecule has 0 aromatic heterocycles. The molecule has 0 aromatic carbocycles. The average molecular weight is 142 g/mol. The zero-order chi connectivity index (χ0) is 7.78. The van der Waals surface area contributed by atoms with Crippen LogP contribution in [0.15, 0.2) is 0 Å². The zero-order valence-corrected chi connectivity index (χ0v) is 7.22. The Morgan fingerprint density at radius 2 is 1.90 bits per heavy atom. The molecule has 1 unspecified atom stereocenters. The Balaban J connectivity index is 2.46. The van der Waals surface area contributed by atoms with Crippen LogP contribution < -0.4 is 0 Å². The van der Waals surface area contributed by atoms with Crippen LogP contribution in [0, 0.1) is 17.3 Å². The van der Waals surface area contributed by atoms with Gasteiger partial charge in [0.15, 0.2) is 0 Å². The second-order valence-electron chi connectivity index (χ2n) is 4.49. The maximum atomic E-state index is 9.07. The van der Waals surface area contributed by atoms with Crippen molar-refractivity contribution in [2.45, 2.75) is 33.6 Å². The molecular weight excluding hydrogens is 124 g/mol. The molecule has 0 heterocycles. The van der Waals surface area contributed by atoms with Gasteiger partial charge in [-0.1, -0.05) is 20.8 Å². The normalized spacial score (nSPS) is 22.8. The molecule has 1 atom stereocenters. The molecule has 1 saturated carbocycles. The van der Waals surface area contributed by atoms with Gasteiger partial charge in [-0.15, -0.1) is 0 Å². The topological polar surface area (TPSA) is 20.2 Å². The third-order valence-electron chi connectivity index (χ3n) is 2.50. The van der Waals surface area contributed by atoms with Gasteiger partial charge in [-0.05, 0) is 30.1 Å². The predicted molar refractivity (Wildman–Crippen MR) is 42.8 cm³/mol. The summed E-state index contributed by atoms with van der Waals surface area (Å²) < 4.78 is 0. The molecule has 10 heavy (non-hydrogen) atoms. The fourth-order valence-corrected chi connectivity index (χ4v) is 1.63. The van der Waals surface area contributed by atoms with Gasteiger partial charge in [0.25, 0.3) is 0 Å². The number of rotatable bonds is 2. The largest absolute Gasteiger partial charge is 0.396 e. The van der Waals surface area contributed by atoms with Crippen molar-refractivity contribution in [3.05, 3.63) is 0 Å². The molecule has 1 nitrogen and oxygen atoms in total. The zero-order valence-electron chi connectivity index (χ0n) is 7.22. The van der Waals surface area contributed by atoms with E-state index in [4.69, 9.17) is 5.11 Å². The minimum absolute atomic E-state index is 0.302. The fraction of sp³-hybridized carbons (Fsp3) is 1.00. The van der Waals surface area contributed by atoms with Gasteiger partial charge in [-0.3, -0.25) is 0 Å². The maximum absolute atomic E-state index is 9.07. The van der Waals surface area contributed by atoms with Crippen LogP contribution in [-0.4, -0.2) is 11.7 Å². The summed E-state index contributed by atoms with van der Waals surface area (Å²) in [5.41, 5.74) is 0.302. The van der Waals surface area contributed by atoms with E-state index in [1.165, 1.54) is 12.8 Å². The van der Waals surface area contributed by atoms with E-state index in [0.29, 0.717) is 17.9 Å². The van der Waals surface area contributed by atoms with Crippen molar-refractivity contribution < 1.29 is 5.11 Å². The first-order chi connectivity index (χ1) is 4.55. The molecule has 0 spiro atoms. The second kappa shape index (κ2) is 2.54. The highest BCUT2D eigenvalue weighted by Crippen LogP contribution is 2.44. The highest BCUT2D eigenvalue weighted by atomic mass is 16.3. The summed E-state index contributed by atoms with van der Waals surface area (Å²) in [6.07, 6.45) is 2.67. The minimum atomic E-state index is 0.302. The van der Waals surface area contributed by atoms with E-state index in [0.717, 1.165) is 5.92 Å². The smallest absolute Gasteiger partial charge is 0.0466 e. The van der Waals surface area contributed by atoms with Crippen molar-refractivity contribution >= 4 is 0 Å². The van der Waals surface area contributed by atoms with Crippen molar-refractivity contribution in [2.24, 2.45) is 17.3 Å². The van der Waals surface area contributed by atoms with Crippen LogP contribution in [0.2, 0.25) is 0 Å². The molecule has 0 bridgehead atoms. The van der Waals surface area contributed by atoms with E-state index in [2.05, 4.69) is 20.8 Å². The Hall–Kier alpha value is -0.0400. The van der Waals surface area contributed by atoms with Gasteiger partial charge in [0, 0.05) is 6.61 Å². The molecule has 0 aliphatic heterocycles.